The summed E-state index contributed by atoms with van der Waals surface area (Å²) in [5.74, 6) is 0.839. The summed E-state index contributed by atoms with van der Waals surface area (Å²) in [4.78, 5) is 33.6. The zero-order valence-electron chi connectivity index (χ0n) is 22.8. The van der Waals surface area contributed by atoms with E-state index in [2.05, 4.69) is 20.3 Å². The molecule has 2 saturated heterocycles. The standard InChI is InChI=1S/C29H42ClN7O2/c30-24-8-6-22(7-9-24)18-26(34-25-10-14-36(15-11-25)28(31)39)27(38)35-16-12-29(13-17-35,19-37-21-32-20-33-37)23-4-2-1-3-5-23/h6-9,20-21,23,25-26,34H,1-5,10-19H2,(H2,31,39)/t26-/m1/s1. The Labute approximate surface area is 236 Å². The number of carbonyl (C=O) groups is 2. The molecule has 1 saturated carbocycles. The lowest BCUT2D eigenvalue weighted by Gasteiger charge is -2.48. The maximum Gasteiger partial charge on any atom is 0.314 e. The van der Waals surface area contributed by atoms with Crippen molar-refractivity contribution in [3.63, 3.8) is 0 Å². The summed E-state index contributed by atoms with van der Waals surface area (Å²) in [5, 5.41) is 8.80. The molecule has 212 valence electrons. The van der Waals surface area contributed by atoms with Crippen LogP contribution in [0.5, 0.6) is 0 Å². The fourth-order valence-electron chi connectivity index (χ4n) is 7.07. The van der Waals surface area contributed by atoms with E-state index in [9.17, 15) is 9.59 Å². The van der Waals surface area contributed by atoms with Crippen molar-refractivity contribution in [2.75, 3.05) is 26.2 Å². The molecule has 3 heterocycles. The van der Waals surface area contributed by atoms with E-state index in [0.29, 0.717) is 30.5 Å². The zero-order valence-corrected chi connectivity index (χ0v) is 23.6. The van der Waals surface area contributed by atoms with Gasteiger partial charge in [0, 0.05) is 43.8 Å². The van der Waals surface area contributed by atoms with Crippen LogP contribution in [0.2, 0.25) is 5.02 Å². The van der Waals surface area contributed by atoms with E-state index in [-0.39, 0.29) is 29.4 Å². The van der Waals surface area contributed by atoms with Gasteiger partial charge in [0.05, 0.1) is 6.04 Å². The Balaban J connectivity index is 1.28. The number of carbonyl (C=O) groups excluding carboxylic acids is 2. The fraction of sp³-hybridized carbons (Fsp3) is 0.655. The fourth-order valence-corrected chi connectivity index (χ4v) is 7.19. The second kappa shape index (κ2) is 12.7. The van der Waals surface area contributed by atoms with Gasteiger partial charge < -0.3 is 20.9 Å². The summed E-state index contributed by atoms with van der Waals surface area (Å²) in [6.45, 7) is 3.64. The molecule has 0 spiro atoms. The topological polar surface area (TPSA) is 109 Å². The van der Waals surface area contributed by atoms with Crippen molar-refractivity contribution in [3.8, 4) is 0 Å². The number of amides is 3. The second-order valence-electron chi connectivity index (χ2n) is 11.8. The van der Waals surface area contributed by atoms with E-state index >= 15 is 0 Å². The Bertz CT molecular complexity index is 1070. The number of halogens is 1. The van der Waals surface area contributed by atoms with Crippen molar-refractivity contribution in [1.29, 1.82) is 0 Å². The lowest BCUT2D eigenvalue weighted by atomic mass is 9.63. The third kappa shape index (κ3) is 6.92. The molecule has 0 radical (unpaired) electrons. The average molecular weight is 556 g/mol. The number of nitrogens with one attached hydrogen (secondary N) is 1. The first-order chi connectivity index (χ1) is 18.9. The first-order valence-electron chi connectivity index (χ1n) is 14.6. The minimum Gasteiger partial charge on any atom is -0.351 e. The van der Waals surface area contributed by atoms with Gasteiger partial charge in [-0.1, -0.05) is 43.0 Å². The molecule has 1 aromatic heterocycles. The number of urea groups is 1. The summed E-state index contributed by atoms with van der Waals surface area (Å²) in [6.07, 6.45) is 14.1. The highest BCUT2D eigenvalue weighted by Gasteiger charge is 2.44. The summed E-state index contributed by atoms with van der Waals surface area (Å²) in [6, 6.07) is 7.24. The van der Waals surface area contributed by atoms with Gasteiger partial charge in [0.2, 0.25) is 5.91 Å². The molecular formula is C29H42ClN7O2. The molecule has 3 amide bonds. The van der Waals surface area contributed by atoms with Crippen molar-refractivity contribution in [2.24, 2.45) is 17.1 Å². The molecule has 2 aliphatic heterocycles. The first kappa shape index (κ1) is 27.9. The molecule has 5 rings (SSSR count). The van der Waals surface area contributed by atoms with E-state index in [1.807, 2.05) is 35.3 Å². The molecule has 3 N–H and O–H groups in total. The molecule has 9 nitrogen and oxygen atoms in total. The van der Waals surface area contributed by atoms with E-state index in [1.165, 1.54) is 32.1 Å². The van der Waals surface area contributed by atoms with Crippen LogP contribution in [0.1, 0.15) is 63.4 Å². The molecule has 10 heteroatoms. The molecular weight excluding hydrogens is 514 g/mol. The van der Waals surface area contributed by atoms with Gasteiger partial charge in [0.1, 0.15) is 12.7 Å². The average Bonchev–Trinajstić information content (AvgIpc) is 3.47. The maximum absolute atomic E-state index is 14.0. The van der Waals surface area contributed by atoms with E-state index < -0.39 is 0 Å². The minimum atomic E-state index is -0.372. The molecule has 2 aromatic rings. The molecule has 0 unspecified atom stereocenters. The molecule has 1 atom stereocenters. The number of rotatable bonds is 8. The molecule has 39 heavy (non-hydrogen) atoms. The molecule has 3 aliphatic rings. The number of piperidine rings is 2. The van der Waals surface area contributed by atoms with Crippen molar-refractivity contribution < 1.29 is 9.59 Å². The van der Waals surface area contributed by atoms with Gasteiger partial charge in [0.25, 0.3) is 0 Å². The third-order valence-corrected chi connectivity index (χ3v) is 9.63. The van der Waals surface area contributed by atoms with Crippen molar-refractivity contribution in [2.45, 2.75) is 82.8 Å². The highest BCUT2D eigenvalue weighted by molar-refractivity contribution is 6.30. The smallest absolute Gasteiger partial charge is 0.314 e. The molecule has 0 bridgehead atoms. The number of aromatic nitrogens is 3. The van der Waals surface area contributed by atoms with Gasteiger partial charge in [-0.05, 0) is 74.0 Å². The van der Waals surface area contributed by atoms with Gasteiger partial charge in [0.15, 0.2) is 0 Å². The number of nitrogens with two attached hydrogens (primary N) is 1. The number of hydrogen-bond donors (Lipinski definition) is 2. The van der Waals surface area contributed by atoms with Crippen LogP contribution in [0.3, 0.4) is 0 Å². The summed E-state index contributed by atoms with van der Waals surface area (Å²) < 4.78 is 2.00. The van der Waals surface area contributed by atoms with E-state index in [0.717, 1.165) is 50.9 Å². The third-order valence-electron chi connectivity index (χ3n) is 9.38. The van der Waals surface area contributed by atoms with Gasteiger partial charge in [-0.3, -0.25) is 9.48 Å². The number of primary amides is 1. The van der Waals surface area contributed by atoms with Crippen molar-refractivity contribution in [1.82, 2.24) is 29.9 Å². The zero-order chi connectivity index (χ0) is 27.2. The van der Waals surface area contributed by atoms with Crippen LogP contribution in [0.25, 0.3) is 0 Å². The van der Waals surface area contributed by atoms with Crippen LogP contribution in [0.15, 0.2) is 36.9 Å². The largest absolute Gasteiger partial charge is 0.351 e. The number of benzene rings is 1. The Morgan fingerprint density at radius 2 is 1.69 bits per heavy atom. The number of nitrogens with zero attached hydrogens (tertiary/aromatic N) is 5. The van der Waals surface area contributed by atoms with Crippen molar-refractivity contribution in [3.05, 3.63) is 47.5 Å². The Hall–Kier alpha value is -2.65. The Kier molecular flexibility index (Phi) is 9.07. The second-order valence-corrected chi connectivity index (χ2v) is 12.2. The van der Waals surface area contributed by atoms with Gasteiger partial charge in [-0.25, -0.2) is 9.78 Å². The van der Waals surface area contributed by atoms with Crippen LogP contribution in [-0.2, 0) is 17.8 Å². The maximum atomic E-state index is 14.0. The summed E-state index contributed by atoms with van der Waals surface area (Å²) in [5.41, 5.74) is 6.72. The SMILES string of the molecule is NC(=O)N1CCC(N[C@H](Cc2ccc(Cl)cc2)C(=O)N2CCC(Cn3cncn3)(C3CCCCC3)CC2)CC1. The van der Waals surface area contributed by atoms with Crippen molar-refractivity contribution >= 4 is 23.5 Å². The van der Waals surface area contributed by atoms with Gasteiger partial charge >= 0.3 is 6.03 Å². The van der Waals surface area contributed by atoms with Crippen LogP contribution >= 0.6 is 11.6 Å². The highest BCUT2D eigenvalue weighted by atomic mass is 35.5. The normalized spacial score (nSPS) is 21.6. The van der Waals surface area contributed by atoms with Crippen LogP contribution in [-0.4, -0.2) is 74.8 Å². The lowest BCUT2D eigenvalue weighted by Crippen LogP contribution is -2.56. The number of likely N-dealkylation sites (tertiary alicyclic amines) is 2. The Morgan fingerprint density at radius 3 is 2.31 bits per heavy atom. The molecule has 1 aromatic carbocycles. The highest BCUT2D eigenvalue weighted by Crippen LogP contribution is 2.47. The van der Waals surface area contributed by atoms with Gasteiger partial charge in [-0.15, -0.1) is 0 Å². The number of hydrogen-bond acceptors (Lipinski definition) is 5. The van der Waals surface area contributed by atoms with Crippen LogP contribution < -0.4 is 11.1 Å². The monoisotopic (exact) mass is 555 g/mol. The predicted molar refractivity (Wildman–Crippen MR) is 151 cm³/mol. The molecule has 3 fully saturated rings. The Morgan fingerprint density at radius 1 is 1.00 bits per heavy atom. The van der Waals surface area contributed by atoms with Crippen LogP contribution in [0, 0.1) is 11.3 Å². The van der Waals surface area contributed by atoms with E-state index in [4.69, 9.17) is 17.3 Å². The predicted octanol–water partition coefficient (Wildman–Crippen LogP) is 3.86. The van der Waals surface area contributed by atoms with Crippen LogP contribution in [0.4, 0.5) is 4.79 Å². The summed E-state index contributed by atoms with van der Waals surface area (Å²) >= 11 is 6.13. The summed E-state index contributed by atoms with van der Waals surface area (Å²) in [7, 11) is 0. The van der Waals surface area contributed by atoms with Gasteiger partial charge in [-0.2, -0.15) is 5.10 Å². The first-order valence-corrected chi connectivity index (χ1v) is 15.0. The molecule has 1 aliphatic carbocycles. The lowest BCUT2D eigenvalue weighted by molar-refractivity contribution is -0.137. The van der Waals surface area contributed by atoms with E-state index in [1.54, 1.807) is 11.2 Å². The quantitative estimate of drug-likeness (QED) is 0.514. The minimum absolute atomic E-state index is 0.158.